The van der Waals surface area contributed by atoms with Gasteiger partial charge in [-0.05, 0) is 46.0 Å². The molecular weight excluding hydrogens is 382 g/mol. The molecule has 2 unspecified atom stereocenters. The van der Waals surface area contributed by atoms with Crippen LogP contribution in [0, 0.1) is 5.92 Å². The molecule has 1 heterocycles. The molecule has 120 valence electrons. The Hall–Kier alpha value is -1.79. The molecule has 2 N–H and O–H groups in total. The lowest BCUT2D eigenvalue weighted by Gasteiger charge is -2.08. The molecule has 1 aliphatic carbocycles. The van der Waals surface area contributed by atoms with Gasteiger partial charge in [-0.3, -0.25) is 20.4 Å². The van der Waals surface area contributed by atoms with Gasteiger partial charge in [-0.1, -0.05) is 29.8 Å². The molecule has 1 saturated carbocycles. The van der Waals surface area contributed by atoms with E-state index in [9.17, 15) is 9.59 Å². The first kappa shape index (κ1) is 16.1. The number of halogens is 2. The third kappa shape index (κ3) is 3.43. The molecule has 0 saturated heterocycles. The highest BCUT2D eigenvalue weighted by atomic mass is 79.9. The summed E-state index contributed by atoms with van der Waals surface area (Å²) in [4.78, 5) is 24.2. The van der Waals surface area contributed by atoms with Crippen LogP contribution in [0.3, 0.4) is 0 Å². The number of aryl methyl sites for hydroxylation is 1. The summed E-state index contributed by atoms with van der Waals surface area (Å²) in [5.41, 5.74) is 6.37. The van der Waals surface area contributed by atoms with Crippen molar-refractivity contribution in [3.8, 4) is 0 Å². The van der Waals surface area contributed by atoms with Crippen LogP contribution in [0.25, 0.3) is 0 Å². The number of hydrogen-bond donors (Lipinski definition) is 2. The van der Waals surface area contributed by atoms with Crippen molar-refractivity contribution < 1.29 is 9.59 Å². The molecule has 3 rings (SSSR count). The summed E-state index contributed by atoms with van der Waals surface area (Å²) < 4.78 is 2.48. The Labute approximate surface area is 147 Å². The van der Waals surface area contributed by atoms with Crippen LogP contribution in [-0.2, 0) is 11.8 Å². The Morgan fingerprint density at radius 1 is 1.30 bits per heavy atom. The van der Waals surface area contributed by atoms with E-state index in [0.717, 1.165) is 16.5 Å². The maximum Gasteiger partial charge on any atom is 0.286 e. The number of nitrogens with one attached hydrogen (secondary N) is 2. The number of hydrogen-bond acceptors (Lipinski definition) is 2. The van der Waals surface area contributed by atoms with Crippen molar-refractivity contribution in [2.45, 2.75) is 12.3 Å². The lowest BCUT2D eigenvalue weighted by molar-refractivity contribution is -0.123. The Morgan fingerprint density at radius 2 is 2.04 bits per heavy atom. The van der Waals surface area contributed by atoms with Crippen LogP contribution >= 0.6 is 27.5 Å². The average Bonchev–Trinajstić information content (AvgIpc) is 3.23. The van der Waals surface area contributed by atoms with Crippen molar-refractivity contribution in [1.82, 2.24) is 15.4 Å². The van der Waals surface area contributed by atoms with Gasteiger partial charge in [-0.2, -0.15) is 0 Å². The van der Waals surface area contributed by atoms with Gasteiger partial charge in [0, 0.05) is 28.7 Å². The number of nitrogens with zero attached hydrogens (tertiary/aromatic N) is 1. The second-order valence-corrected chi connectivity index (χ2v) is 6.89. The van der Waals surface area contributed by atoms with E-state index in [4.69, 9.17) is 11.6 Å². The van der Waals surface area contributed by atoms with E-state index in [0.29, 0.717) is 10.7 Å². The number of rotatable bonds is 3. The van der Waals surface area contributed by atoms with Crippen molar-refractivity contribution >= 4 is 39.3 Å². The lowest BCUT2D eigenvalue weighted by Crippen LogP contribution is -2.43. The fourth-order valence-corrected chi connectivity index (χ4v) is 3.43. The number of carbonyl (C=O) groups is 2. The molecule has 2 aromatic rings. The first-order valence-corrected chi connectivity index (χ1v) is 8.31. The minimum absolute atomic E-state index is 0.116. The molecule has 1 aromatic heterocycles. The van der Waals surface area contributed by atoms with Gasteiger partial charge in [0.15, 0.2) is 0 Å². The maximum absolute atomic E-state index is 12.1. The molecule has 0 aliphatic heterocycles. The number of carbonyl (C=O) groups excluding carboxylic acids is 2. The third-order valence-electron chi connectivity index (χ3n) is 3.94. The smallest absolute Gasteiger partial charge is 0.286 e. The van der Waals surface area contributed by atoms with Crippen molar-refractivity contribution in [3.05, 3.63) is 57.3 Å². The largest absolute Gasteiger partial charge is 0.345 e. The van der Waals surface area contributed by atoms with Gasteiger partial charge < -0.3 is 4.57 Å². The van der Waals surface area contributed by atoms with Crippen LogP contribution in [0.2, 0.25) is 5.02 Å². The minimum atomic E-state index is -0.360. The van der Waals surface area contributed by atoms with Gasteiger partial charge >= 0.3 is 0 Å². The van der Waals surface area contributed by atoms with Crippen molar-refractivity contribution in [3.63, 3.8) is 0 Å². The quantitative estimate of drug-likeness (QED) is 0.784. The predicted octanol–water partition coefficient (Wildman–Crippen LogP) is 3.01. The Morgan fingerprint density at radius 3 is 2.70 bits per heavy atom. The molecule has 0 spiro atoms. The molecule has 5 nitrogen and oxygen atoms in total. The Balaban J connectivity index is 1.56. The van der Waals surface area contributed by atoms with E-state index in [2.05, 4.69) is 26.8 Å². The van der Waals surface area contributed by atoms with Crippen molar-refractivity contribution in [2.75, 3.05) is 0 Å². The van der Waals surface area contributed by atoms with Crippen LogP contribution < -0.4 is 10.9 Å². The lowest BCUT2D eigenvalue weighted by atomic mass is 10.1. The fraction of sp³-hybridized carbons (Fsp3) is 0.250. The normalized spacial score (nSPS) is 19.3. The zero-order chi connectivity index (χ0) is 16.6. The van der Waals surface area contributed by atoms with E-state index in [1.807, 2.05) is 24.3 Å². The Kier molecular flexibility index (Phi) is 4.46. The molecule has 2 atom stereocenters. The topological polar surface area (TPSA) is 63.1 Å². The van der Waals surface area contributed by atoms with E-state index in [1.165, 1.54) is 0 Å². The standard InChI is InChI=1S/C16H15BrClN3O2/c1-21-8-9(17)6-14(21)16(23)20-19-15(22)12-7-11(12)10-4-2-3-5-13(10)18/h2-6,8,11-12H,7H2,1H3,(H,19,22)(H,20,23). The second kappa shape index (κ2) is 6.37. The maximum atomic E-state index is 12.1. The van der Waals surface area contributed by atoms with Crippen molar-refractivity contribution in [2.24, 2.45) is 13.0 Å². The molecule has 0 radical (unpaired) electrons. The summed E-state index contributed by atoms with van der Waals surface area (Å²) in [5.74, 6) is -0.599. The molecule has 0 bridgehead atoms. The third-order valence-corrected chi connectivity index (χ3v) is 4.71. The minimum Gasteiger partial charge on any atom is -0.345 e. The van der Waals surface area contributed by atoms with Crippen LogP contribution in [0.5, 0.6) is 0 Å². The summed E-state index contributed by atoms with van der Waals surface area (Å²) in [6, 6.07) is 9.20. The zero-order valence-electron chi connectivity index (χ0n) is 12.3. The first-order valence-electron chi connectivity index (χ1n) is 7.14. The monoisotopic (exact) mass is 395 g/mol. The molecule has 1 fully saturated rings. The summed E-state index contributed by atoms with van der Waals surface area (Å²) >= 11 is 9.45. The van der Waals surface area contributed by atoms with Gasteiger partial charge in [0.2, 0.25) is 5.91 Å². The second-order valence-electron chi connectivity index (χ2n) is 5.57. The summed E-state index contributed by atoms with van der Waals surface area (Å²) in [6.07, 6.45) is 2.51. The van der Waals surface area contributed by atoms with E-state index in [-0.39, 0.29) is 23.7 Å². The van der Waals surface area contributed by atoms with Crippen molar-refractivity contribution in [1.29, 1.82) is 0 Å². The highest BCUT2D eigenvalue weighted by molar-refractivity contribution is 9.10. The van der Waals surface area contributed by atoms with Crippen LogP contribution in [0.15, 0.2) is 41.0 Å². The summed E-state index contributed by atoms with van der Waals surface area (Å²) in [6.45, 7) is 0. The molecule has 1 aliphatic rings. The molecule has 7 heteroatoms. The average molecular weight is 397 g/mol. The number of amides is 2. The molecule has 23 heavy (non-hydrogen) atoms. The predicted molar refractivity (Wildman–Crippen MR) is 91.0 cm³/mol. The van der Waals surface area contributed by atoms with Crippen LogP contribution in [0.4, 0.5) is 0 Å². The fourth-order valence-electron chi connectivity index (χ4n) is 2.63. The van der Waals surface area contributed by atoms with Crippen LogP contribution in [0.1, 0.15) is 28.4 Å². The molecular formula is C16H15BrClN3O2. The van der Waals surface area contributed by atoms with E-state index >= 15 is 0 Å². The highest BCUT2D eigenvalue weighted by Crippen LogP contribution is 2.49. The van der Waals surface area contributed by atoms with E-state index < -0.39 is 0 Å². The van der Waals surface area contributed by atoms with Gasteiger partial charge in [-0.25, -0.2) is 0 Å². The van der Waals surface area contributed by atoms with Crippen LogP contribution in [-0.4, -0.2) is 16.4 Å². The number of benzene rings is 1. The van der Waals surface area contributed by atoms with Gasteiger partial charge in [-0.15, -0.1) is 0 Å². The first-order chi connectivity index (χ1) is 11.0. The number of aromatic nitrogens is 1. The molecule has 1 aromatic carbocycles. The zero-order valence-corrected chi connectivity index (χ0v) is 14.7. The van der Waals surface area contributed by atoms with Gasteiger partial charge in [0.25, 0.3) is 5.91 Å². The van der Waals surface area contributed by atoms with E-state index in [1.54, 1.807) is 23.9 Å². The number of hydrazine groups is 1. The summed E-state index contributed by atoms with van der Waals surface area (Å²) in [5, 5.41) is 0.672. The summed E-state index contributed by atoms with van der Waals surface area (Å²) in [7, 11) is 1.76. The SMILES string of the molecule is Cn1cc(Br)cc1C(=O)NNC(=O)C1CC1c1ccccc1Cl. The Bertz CT molecular complexity index is 774. The molecule has 2 amide bonds. The van der Waals surface area contributed by atoms with Gasteiger partial charge in [0.1, 0.15) is 5.69 Å². The van der Waals surface area contributed by atoms with Gasteiger partial charge in [0.05, 0.1) is 0 Å². The highest BCUT2D eigenvalue weighted by Gasteiger charge is 2.44.